The molecule has 0 fully saturated rings. The van der Waals surface area contributed by atoms with E-state index in [2.05, 4.69) is 10.3 Å². The van der Waals surface area contributed by atoms with Crippen LogP contribution in [0.25, 0.3) is 22.0 Å². The van der Waals surface area contributed by atoms with E-state index in [4.69, 9.17) is 19.2 Å². The van der Waals surface area contributed by atoms with Crippen molar-refractivity contribution in [2.45, 2.75) is 39.2 Å². The second-order valence-electron chi connectivity index (χ2n) is 8.19. The Morgan fingerprint density at radius 3 is 2.61 bits per heavy atom. The molecule has 0 bridgehead atoms. The molecule has 0 spiro atoms. The molecule has 1 amide bonds. The molecule has 0 aliphatic carbocycles. The fraction of sp³-hybridized carbons (Fsp3) is 0.375. The van der Waals surface area contributed by atoms with E-state index in [0.717, 1.165) is 40.7 Å². The lowest BCUT2D eigenvalue weighted by atomic mass is 10.0. The van der Waals surface area contributed by atoms with Gasteiger partial charge < -0.3 is 14.2 Å². The Balaban J connectivity index is 2.01. The minimum atomic E-state index is -0.598. The summed E-state index contributed by atoms with van der Waals surface area (Å²) in [4.78, 5) is 21.5. The lowest BCUT2D eigenvalue weighted by Crippen LogP contribution is -2.27. The van der Waals surface area contributed by atoms with E-state index in [1.807, 2.05) is 57.2 Å². The molecule has 1 N–H and O–H groups in total. The lowest BCUT2D eigenvalue weighted by Gasteiger charge is -2.20. The number of ether oxygens (including phenoxy) is 3. The average Bonchev–Trinajstić information content (AvgIpc) is 2.72. The number of carbonyl (C=O) groups excluding carboxylic acids is 1. The van der Waals surface area contributed by atoms with Crippen molar-refractivity contribution in [1.29, 1.82) is 0 Å². The Morgan fingerprint density at radius 2 is 1.90 bits per heavy atom. The number of amides is 1. The molecular weight excluding hydrogens is 394 g/mol. The maximum absolute atomic E-state index is 12.5. The highest BCUT2D eigenvalue weighted by atomic mass is 16.6. The van der Waals surface area contributed by atoms with Crippen molar-refractivity contribution in [2.24, 2.45) is 0 Å². The van der Waals surface area contributed by atoms with Gasteiger partial charge in [-0.2, -0.15) is 0 Å². The molecule has 7 nitrogen and oxygen atoms in total. The molecular formula is C24H29N3O4. The number of hydrogen-bond acceptors (Lipinski definition) is 6. The molecule has 164 valence electrons. The standard InChI is InChI=1S/C24H29N3O4/c1-24(2,3)31-23(28)27-21-14-17(13-16-8-9-18(30-5)15-19(16)21)20-10-11-25-22(26-20)7-6-12-29-4/h8-11,13-15H,6-7,12H2,1-5H3,(H,27,28). The number of aryl methyl sites for hydroxylation is 1. The van der Waals surface area contributed by atoms with Crippen molar-refractivity contribution < 1.29 is 19.0 Å². The molecule has 3 aromatic rings. The minimum Gasteiger partial charge on any atom is -0.497 e. The Labute approximate surface area is 182 Å². The lowest BCUT2D eigenvalue weighted by molar-refractivity contribution is 0.0636. The zero-order valence-electron chi connectivity index (χ0n) is 18.7. The van der Waals surface area contributed by atoms with E-state index in [1.54, 1.807) is 20.4 Å². The van der Waals surface area contributed by atoms with Crippen LogP contribution in [0.15, 0.2) is 42.6 Å². The summed E-state index contributed by atoms with van der Waals surface area (Å²) >= 11 is 0. The number of hydrogen-bond donors (Lipinski definition) is 1. The first kappa shape index (κ1) is 22.5. The van der Waals surface area contributed by atoms with Crippen LogP contribution in [0.4, 0.5) is 10.5 Å². The Hall–Kier alpha value is -3.19. The summed E-state index contributed by atoms with van der Waals surface area (Å²) in [5.41, 5.74) is 1.69. The number of nitrogens with one attached hydrogen (secondary N) is 1. The van der Waals surface area contributed by atoms with E-state index in [-0.39, 0.29) is 0 Å². The normalized spacial score (nSPS) is 11.4. The number of aromatic nitrogens is 2. The molecule has 0 saturated heterocycles. The Morgan fingerprint density at radius 1 is 1.10 bits per heavy atom. The zero-order valence-corrected chi connectivity index (χ0v) is 18.7. The van der Waals surface area contributed by atoms with Crippen LogP contribution in [0.1, 0.15) is 33.0 Å². The van der Waals surface area contributed by atoms with Gasteiger partial charge in [0.05, 0.1) is 18.5 Å². The average molecular weight is 424 g/mol. The first-order valence-electron chi connectivity index (χ1n) is 10.2. The van der Waals surface area contributed by atoms with Crippen molar-refractivity contribution in [3.8, 4) is 17.0 Å². The highest BCUT2D eigenvalue weighted by Crippen LogP contribution is 2.33. The molecule has 31 heavy (non-hydrogen) atoms. The fourth-order valence-electron chi connectivity index (χ4n) is 3.18. The third kappa shape index (κ3) is 6.15. The molecule has 0 atom stereocenters. The molecule has 0 aliphatic rings. The SMILES string of the molecule is COCCCc1nccc(-c2cc(NC(=O)OC(C)(C)C)c3cc(OC)ccc3c2)n1. The topological polar surface area (TPSA) is 82.6 Å². The van der Waals surface area contributed by atoms with Crippen LogP contribution in [0.2, 0.25) is 0 Å². The van der Waals surface area contributed by atoms with Crippen LogP contribution in [-0.4, -0.2) is 42.5 Å². The zero-order chi connectivity index (χ0) is 22.4. The molecule has 0 unspecified atom stereocenters. The fourth-order valence-corrected chi connectivity index (χ4v) is 3.18. The van der Waals surface area contributed by atoms with E-state index in [0.29, 0.717) is 18.0 Å². The number of methoxy groups -OCH3 is 2. The van der Waals surface area contributed by atoms with Crippen molar-refractivity contribution in [1.82, 2.24) is 9.97 Å². The molecule has 1 aromatic heterocycles. The van der Waals surface area contributed by atoms with Gasteiger partial charge in [-0.3, -0.25) is 5.32 Å². The smallest absolute Gasteiger partial charge is 0.412 e. The van der Waals surface area contributed by atoms with Crippen LogP contribution in [0.3, 0.4) is 0 Å². The van der Waals surface area contributed by atoms with Crippen LogP contribution < -0.4 is 10.1 Å². The van der Waals surface area contributed by atoms with Crippen molar-refractivity contribution in [3.05, 3.63) is 48.4 Å². The van der Waals surface area contributed by atoms with Crippen LogP contribution in [0.5, 0.6) is 5.75 Å². The van der Waals surface area contributed by atoms with Crippen LogP contribution in [-0.2, 0) is 15.9 Å². The predicted molar refractivity (Wildman–Crippen MR) is 122 cm³/mol. The molecule has 2 aromatic carbocycles. The Kier molecular flexibility index (Phi) is 7.07. The summed E-state index contributed by atoms with van der Waals surface area (Å²) in [6.45, 7) is 6.15. The quantitative estimate of drug-likeness (QED) is 0.524. The molecule has 0 saturated carbocycles. The van der Waals surface area contributed by atoms with Crippen LogP contribution in [0, 0.1) is 0 Å². The molecule has 0 radical (unpaired) electrons. The third-order valence-corrected chi connectivity index (χ3v) is 4.55. The van der Waals surface area contributed by atoms with Gasteiger partial charge in [-0.25, -0.2) is 14.8 Å². The van der Waals surface area contributed by atoms with Crippen molar-refractivity contribution in [2.75, 3.05) is 26.1 Å². The second kappa shape index (κ2) is 9.75. The highest BCUT2D eigenvalue weighted by Gasteiger charge is 2.18. The number of anilines is 1. The number of carbonyl (C=O) groups is 1. The van der Waals surface area contributed by atoms with Gasteiger partial charge in [0.1, 0.15) is 17.2 Å². The summed E-state index contributed by atoms with van der Waals surface area (Å²) in [6, 6.07) is 11.5. The molecule has 3 rings (SSSR count). The predicted octanol–water partition coefficient (Wildman–Crippen LogP) is 5.23. The largest absolute Gasteiger partial charge is 0.497 e. The first-order chi connectivity index (χ1) is 14.8. The van der Waals surface area contributed by atoms with Gasteiger partial charge in [-0.1, -0.05) is 6.07 Å². The van der Waals surface area contributed by atoms with Gasteiger partial charge in [0.25, 0.3) is 0 Å². The second-order valence-corrected chi connectivity index (χ2v) is 8.19. The van der Waals surface area contributed by atoms with E-state index in [1.165, 1.54) is 0 Å². The summed E-state index contributed by atoms with van der Waals surface area (Å²) in [5, 5.41) is 4.68. The monoisotopic (exact) mass is 423 g/mol. The summed E-state index contributed by atoms with van der Waals surface area (Å²) in [6.07, 6.45) is 2.82. The number of rotatable bonds is 7. The van der Waals surface area contributed by atoms with Crippen molar-refractivity contribution >= 4 is 22.6 Å². The summed E-state index contributed by atoms with van der Waals surface area (Å²) in [7, 11) is 3.29. The van der Waals surface area contributed by atoms with E-state index < -0.39 is 11.7 Å². The number of fused-ring (bicyclic) bond motifs is 1. The maximum atomic E-state index is 12.5. The van der Waals surface area contributed by atoms with Crippen molar-refractivity contribution in [3.63, 3.8) is 0 Å². The molecule has 7 heteroatoms. The summed E-state index contributed by atoms with van der Waals surface area (Å²) < 4.78 is 15.9. The number of nitrogens with zero attached hydrogens (tertiary/aromatic N) is 2. The highest BCUT2D eigenvalue weighted by molar-refractivity contribution is 6.03. The third-order valence-electron chi connectivity index (χ3n) is 4.55. The Bertz CT molecular complexity index is 1060. The summed E-state index contributed by atoms with van der Waals surface area (Å²) in [5.74, 6) is 1.46. The van der Waals surface area contributed by atoms with Gasteiger partial charge >= 0.3 is 6.09 Å². The van der Waals surface area contributed by atoms with Gasteiger partial charge in [0.15, 0.2) is 0 Å². The molecule has 0 aliphatic heterocycles. The van der Waals surface area contributed by atoms with Gasteiger partial charge in [-0.05, 0) is 62.9 Å². The number of benzene rings is 2. The van der Waals surface area contributed by atoms with E-state index in [9.17, 15) is 4.79 Å². The minimum absolute atomic E-state index is 0.517. The van der Waals surface area contributed by atoms with Gasteiger partial charge in [0.2, 0.25) is 0 Å². The van der Waals surface area contributed by atoms with Crippen LogP contribution >= 0.6 is 0 Å². The van der Waals surface area contributed by atoms with Gasteiger partial charge in [-0.15, -0.1) is 0 Å². The molecule has 1 heterocycles. The van der Waals surface area contributed by atoms with Gasteiger partial charge in [0, 0.05) is 37.3 Å². The maximum Gasteiger partial charge on any atom is 0.412 e. The first-order valence-corrected chi connectivity index (χ1v) is 10.2. The van der Waals surface area contributed by atoms with E-state index >= 15 is 0 Å².